The van der Waals surface area contributed by atoms with E-state index in [1.807, 2.05) is 29.9 Å². The number of nitrogens with zero attached hydrogens (tertiary/aromatic N) is 3. The summed E-state index contributed by atoms with van der Waals surface area (Å²) in [6.07, 6.45) is 2.93. The molecule has 0 spiro atoms. The lowest BCUT2D eigenvalue weighted by Gasteiger charge is -2.08. The summed E-state index contributed by atoms with van der Waals surface area (Å²) in [6, 6.07) is 8.24. The van der Waals surface area contributed by atoms with Gasteiger partial charge in [-0.25, -0.2) is 9.97 Å². The van der Waals surface area contributed by atoms with E-state index in [2.05, 4.69) is 41.9 Å². The first-order valence-electron chi connectivity index (χ1n) is 6.69. The van der Waals surface area contributed by atoms with E-state index in [4.69, 9.17) is 9.97 Å². The zero-order valence-corrected chi connectivity index (χ0v) is 13.4. The van der Waals surface area contributed by atoms with Crippen LogP contribution < -0.4 is 0 Å². The minimum atomic E-state index is 0.807. The Labute approximate surface area is 126 Å². The maximum Gasteiger partial charge on any atom is 0.162 e. The van der Waals surface area contributed by atoms with Crippen molar-refractivity contribution in [2.75, 3.05) is 0 Å². The number of benzene rings is 1. The van der Waals surface area contributed by atoms with Crippen molar-refractivity contribution >= 4 is 27.0 Å². The Morgan fingerprint density at radius 3 is 2.65 bits per heavy atom. The van der Waals surface area contributed by atoms with E-state index in [0.29, 0.717) is 0 Å². The minimum absolute atomic E-state index is 0.807. The van der Waals surface area contributed by atoms with Gasteiger partial charge in [-0.1, -0.05) is 31.2 Å². The number of hydrogen-bond acceptors (Lipinski definition) is 2. The number of halogens is 1. The molecule has 3 nitrogen and oxygen atoms in total. The van der Waals surface area contributed by atoms with Crippen molar-refractivity contribution in [3.05, 3.63) is 46.2 Å². The van der Waals surface area contributed by atoms with Crippen molar-refractivity contribution in [3.63, 3.8) is 0 Å². The second kappa shape index (κ2) is 5.02. The monoisotopic (exact) mass is 329 g/mol. The predicted molar refractivity (Wildman–Crippen MR) is 85.8 cm³/mol. The summed E-state index contributed by atoms with van der Waals surface area (Å²) < 4.78 is 3.10. The van der Waals surface area contributed by atoms with Gasteiger partial charge < -0.3 is 4.57 Å². The van der Waals surface area contributed by atoms with Gasteiger partial charge in [0.05, 0.1) is 11.1 Å². The highest BCUT2D eigenvalue weighted by Gasteiger charge is 2.15. The van der Waals surface area contributed by atoms with Crippen molar-refractivity contribution in [3.8, 4) is 11.4 Å². The van der Waals surface area contributed by atoms with Crippen molar-refractivity contribution in [1.29, 1.82) is 0 Å². The zero-order valence-electron chi connectivity index (χ0n) is 11.8. The van der Waals surface area contributed by atoms with Gasteiger partial charge in [0, 0.05) is 23.3 Å². The van der Waals surface area contributed by atoms with Crippen LogP contribution in [0.3, 0.4) is 0 Å². The van der Waals surface area contributed by atoms with E-state index in [-0.39, 0.29) is 0 Å². The van der Waals surface area contributed by atoms with Crippen LogP contribution in [0.25, 0.3) is 22.4 Å². The summed E-state index contributed by atoms with van der Waals surface area (Å²) in [4.78, 5) is 9.53. The van der Waals surface area contributed by atoms with E-state index in [1.165, 1.54) is 5.56 Å². The molecule has 0 N–H and O–H groups in total. The fourth-order valence-electron chi connectivity index (χ4n) is 2.49. The molecule has 2 aromatic heterocycles. The van der Waals surface area contributed by atoms with Gasteiger partial charge in [0.2, 0.25) is 0 Å². The summed E-state index contributed by atoms with van der Waals surface area (Å²) in [5.74, 6) is 0.807. The molecule has 3 rings (SSSR count). The third kappa shape index (κ3) is 2.04. The fourth-order valence-corrected chi connectivity index (χ4v) is 3.20. The van der Waals surface area contributed by atoms with Gasteiger partial charge in [-0.15, -0.1) is 0 Å². The second-order valence-corrected chi connectivity index (χ2v) is 5.80. The van der Waals surface area contributed by atoms with E-state index >= 15 is 0 Å². The molecule has 0 aliphatic carbocycles. The first kappa shape index (κ1) is 13.3. The fraction of sp³-hybridized carbons (Fsp3) is 0.250. The largest absolute Gasteiger partial charge is 0.334 e. The van der Waals surface area contributed by atoms with E-state index in [1.54, 1.807) is 0 Å². The maximum atomic E-state index is 4.77. The minimum Gasteiger partial charge on any atom is -0.334 e. The third-order valence-electron chi connectivity index (χ3n) is 3.57. The molecule has 0 fully saturated rings. The smallest absolute Gasteiger partial charge is 0.162 e. The number of fused-ring (bicyclic) bond motifs is 1. The van der Waals surface area contributed by atoms with Gasteiger partial charge in [-0.2, -0.15) is 0 Å². The Bertz CT molecular complexity index is 790. The van der Waals surface area contributed by atoms with Crippen molar-refractivity contribution in [2.45, 2.75) is 20.3 Å². The molecule has 4 heteroatoms. The molecular weight excluding hydrogens is 314 g/mol. The van der Waals surface area contributed by atoms with Crippen molar-refractivity contribution in [1.82, 2.24) is 14.5 Å². The van der Waals surface area contributed by atoms with Crippen molar-refractivity contribution in [2.24, 2.45) is 7.05 Å². The van der Waals surface area contributed by atoms with Gasteiger partial charge in [-0.05, 0) is 34.8 Å². The van der Waals surface area contributed by atoms with Crippen LogP contribution in [0, 0.1) is 6.92 Å². The molecule has 0 bridgehead atoms. The molecular formula is C16H16BrN3. The lowest BCUT2D eigenvalue weighted by molar-refractivity contribution is 0.936. The predicted octanol–water partition coefficient (Wildman–Crippen LogP) is 4.27. The summed E-state index contributed by atoms with van der Waals surface area (Å²) in [7, 11) is 2.02. The molecule has 0 unspecified atom stereocenters. The summed E-state index contributed by atoms with van der Waals surface area (Å²) >= 11 is 3.60. The number of aromatic nitrogens is 3. The van der Waals surface area contributed by atoms with Gasteiger partial charge in [-0.3, -0.25) is 0 Å². The molecule has 3 aromatic rings. The normalized spacial score (nSPS) is 11.2. The Balaban J connectivity index is 2.34. The van der Waals surface area contributed by atoms with Crippen LogP contribution in [0.2, 0.25) is 0 Å². The topological polar surface area (TPSA) is 30.7 Å². The molecule has 0 aliphatic rings. The van der Waals surface area contributed by atoms with Crippen LogP contribution in [0.4, 0.5) is 0 Å². The standard InChI is InChI=1S/C16H16BrN3/c1-4-13-14-12(17)9-20(3)16(14)19-15(18-13)11-8-6-5-7-10(11)2/h5-9H,4H2,1-3H3. The molecule has 102 valence electrons. The summed E-state index contributed by atoms with van der Waals surface area (Å²) in [5.41, 5.74) is 4.35. The van der Waals surface area contributed by atoms with Gasteiger partial charge >= 0.3 is 0 Å². The zero-order chi connectivity index (χ0) is 14.3. The Kier molecular flexibility index (Phi) is 3.34. The first-order valence-corrected chi connectivity index (χ1v) is 7.48. The number of hydrogen-bond donors (Lipinski definition) is 0. The van der Waals surface area contributed by atoms with E-state index in [9.17, 15) is 0 Å². The van der Waals surface area contributed by atoms with Crippen LogP contribution >= 0.6 is 15.9 Å². The van der Waals surface area contributed by atoms with Crippen LogP contribution in [0.1, 0.15) is 18.2 Å². The molecule has 0 atom stereocenters. The molecule has 0 radical (unpaired) electrons. The Hall–Kier alpha value is -1.68. The van der Waals surface area contributed by atoms with E-state index < -0.39 is 0 Å². The molecule has 0 saturated heterocycles. The lowest BCUT2D eigenvalue weighted by atomic mass is 10.1. The van der Waals surface area contributed by atoms with Gasteiger partial charge in [0.15, 0.2) is 5.82 Å². The summed E-state index contributed by atoms with van der Waals surface area (Å²) in [6.45, 7) is 4.22. The molecule has 0 aliphatic heterocycles. The SMILES string of the molecule is CCc1nc(-c2ccccc2C)nc2c1c(Br)cn2C. The average molecular weight is 330 g/mol. The number of aryl methyl sites for hydroxylation is 3. The lowest BCUT2D eigenvalue weighted by Crippen LogP contribution is -1.99. The van der Waals surface area contributed by atoms with Crippen LogP contribution in [-0.2, 0) is 13.5 Å². The van der Waals surface area contributed by atoms with E-state index in [0.717, 1.165) is 39.0 Å². The highest BCUT2D eigenvalue weighted by Crippen LogP contribution is 2.30. The summed E-state index contributed by atoms with van der Waals surface area (Å²) in [5, 5.41) is 1.12. The molecule has 1 aromatic carbocycles. The van der Waals surface area contributed by atoms with Crippen LogP contribution in [0.15, 0.2) is 34.9 Å². The highest BCUT2D eigenvalue weighted by molar-refractivity contribution is 9.10. The maximum absolute atomic E-state index is 4.77. The molecule has 0 amide bonds. The quantitative estimate of drug-likeness (QED) is 0.703. The number of rotatable bonds is 2. The first-order chi connectivity index (χ1) is 9.61. The Morgan fingerprint density at radius 1 is 1.20 bits per heavy atom. The van der Waals surface area contributed by atoms with Crippen LogP contribution in [0.5, 0.6) is 0 Å². The van der Waals surface area contributed by atoms with Crippen molar-refractivity contribution < 1.29 is 0 Å². The highest BCUT2D eigenvalue weighted by atomic mass is 79.9. The van der Waals surface area contributed by atoms with Gasteiger partial charge in [0.25, 0.3) is 0 Å². The third-order valence-corrected chi connectivity index (χ3v) is 4.17. The average Bonchev–Trinajstić information content (AvgIpc) is 2.74. The molecule has 20 heavy (non-hydrogen) atoms. The van der Waals surface area contributed by atoms with Gasteiger partial charge in [0.1, 0.15) is 5.65 Å². The second-order valence-electron chi connectivity index (χ2n) is 4.95. The Morgan fingerprint density at radius 2 is 1.95 bits per heavy atom. The molecule has 2 heterocycles. The van der Waals surface area contributed by atoms with Crippen LogP contribution in [-0.4, -0.2) is 14.5 Å². The molecule has 0 saturated carbocycles.